The van der Waals surface area contributed by atoms with Crippen LogP contribution in [-0.2, 0) is 11.2 Å². The predicted molar refractivity (Wildman–Crippen MR) is 69.4 cm³/mol. The Morgan fingerprint density at radius 1 is 1.47 bits per heavy atom. The van der Waals surface area contributed by atoms with E-state index in [0.29, 0.717) is 5.56 Å². The number of halogens is 1. The summed E-state index contributed by atoms with van der Waals surface area (Å²) in [4.78, 5) is 11.4. The third-order valence-electron chi connectivity index (χ3n) is 3.39. The number of carbonyl (C=O) groups excluding carboxylic acids is 1. The first-order valence-corrected chi connectivity index (χ1v) is 5.42. The largest absolute Gasteiger partial charge is 0.465 e. The van der Waals surface area contributed by atoms with Crippen LogP contribution in [0.25, 0.3) is 0 Å². The fourth-order valence-electron chi connectivity index (χ4n) is 2.31. The zero-order valence-corrected chi connectivity index (χ0v) is 11.1. The fraction of sp³-hybridized carbons (Fsp3) is 0.462. The van der Waals surface area contributed by atoms with Crippen molar-refractivity contribution in [3.05, 3.63) is 34.9 Å². The van der Waals surface area contributed by atoms with E-state index in [0.717, 1.165) is 12.0 Å². The number of nitrogens with two attached hydrogens (primary N) is 1. The lowest BCUT2D eigenvalue weighted by Crippen LogP contribution is -2.24. The van der Waals surface area contributed by atoms with Crippen molar-refractivity contribution in [1.82, 2.24) is 0 Å². The first-order valence-electron chi connectivity index (χ1n) is 5.42. The number of fused-ring (bicyclic) bond motifs is 1. The van der Waals surface area contributed by atoms with E-state index in [-0.39, 0.29) is 29.8 Å². The van der Waals surface area contributed by atoms with Gasteiger partial charge >= 0.3 is 5.97 Å². The maximum atomic E-state index is 11.4. The molecule has 1 aromatic carbocycles. The molecule has 0 aromatic heterocycles. The van der Waals surface area contributed by atoms with Gasteiger partial charge in [-0.3, -0.25) is 0 Å². The molecule has 0 spiro atoms. The van der Waals surface area contributed by atoms with Crippen LogP contribution < -0.4 is 5.73 Å². The molecular formula is C13H18ClNO2. The molecule has 1 aliphatic rings. The smallest absolute Gasteiger partial charge is 0.337 e. The Morgan fingerprint density at radius 3 is 2.71 bits per heavy atom. The van der Waals surface area contributed by atoms with Crippen molar-refractivity contribution in [2.45, 2.75) is 26.3 Å². The highest BCUT2D eigenvalue weighted by atomic mass is 35.5. The molecule has 1 aromatic rings. The van der Waals surface area contributed by atoms with E-state index < -0.39 is 0 Å². The molecular weight excluding hydrogens is 238 g/mol. The van der Waals surface area contributed by atoms with E-state index in [1.807, 2.05) is 12.1 Å². The SMILES string of the molecule is COC(=O)c1ccc2c(c1)[C@H](N)C(C)(C)C2.Cl. The van der Waals surface area contributed by atoms with Crippen molar-refractivity contribution in [3.8, 4) is 0 Å². The molecule has 0 aliphatic heterocycles. The average Bonchev–Trinajstić information content (AvgIpc) is 2.48. The molecule has 0 bridgehead atoms. The average molecular weight is 256 g/mol. The van der Waals surface area contributed by atoms with Gasteiger partial charge in [-0.15, -0.1) is 12.4 Å². The third kappa shape index (κ3) is 2.31. The molecule has 0 fully saturated rings. The highest BCUT2D eigenvalue weighted by Gasteiger charge is 2.36. The van der Waals surface area contributed by atoms with E-state index >= 15 is 0 Å². The van der Waals surface area contributed by atoms with Gasteiger partial charge in [0.2, 0.25) is 0 Å². The molecule has 1 atom stereocenters. The van der Waals surface area contributed by atoms with Gasteiger partial charge in [0.1, 0.15) is 0 Å². The van der Waals surface area contributed by atoms with Crippen LogP contribution in [0.2, 0.25) is 0 Å². The van der Waals surface area contributed by atoms with Crippen LogP contribution >= 0.6 is 12.4 Å². The zero-order chi connectivity index (χ0) is 11.9. The maximum absolute atomic E-state index is 11.4. The van der Waals surface area contributed by atoms with Crippen molar-refractivity contribution in [3.63, 3.8) is 0 Å². The quantitative estimate of drug-likeness (QED) is 0.785. The van der Waals surface area contributed by atoms with Crippen LogP contribution in [0.1, 0.15) is 41.4 Å². The first-order chi connectivity index (χ1) is 7.45. The van der Waals surface area contributed by atoms with E-state index in [2.05, 4.69) is 13.8 Å². The molecule has 0 radical (unpaired) electrons. The van der Waals surface area contributed by atoms with Gasteiger partial charge in [0.05, 0.1) is 12.7 Å². The van der Waals surface area contributed by atoms with Gasteiger partial charge in [0.15, 0.2) is 0 Å². The van der Waals surface area contributed by atoms with Crippen LogP contribution in [0.4, 0.5) is 0 Å². The summed E-state index contributed by atoms with van der Waals surface area (Å²) < 4.78 is 4.70. The maximum Gasteiger partial charge on any atom is 0.337 e. The molecule has 17 heavy (non-hydrogen) atoms. The minimum atomic E-state index is -0.306. The van der Waals surface area contributed by atoms with Gasteiger partial charge in [-0.1, -0.05) is 19.9 Å². The van der Waals surface area contributed by atoms with Crippen molar-refractivity contribution in [1.29, 1.82) is 0 Å². The fourth-order valence-corrected chi connectivity index (χ4v) is 2.31. The molecule has 2 N–H and O–H groups in total. The Kier molecular flexibility index (Phi) is 3.84. The molecule has 94 valence electrons. The summed E-state index contributed by atoms with van der Waals surface area (Å²) >= 11 is 0. The standard InChI is InChI=1S/C13H17NO2.ClH/c1-13(2)7-9-5-4-8(12(15)16-3)6-10(9)11(13)14;/h4-6,11H,7,14H2,1-3H3;1H/t11-;/m0./s1. The second-order valence-electron chi connectivity index (χ2n) is 5.05. The molecule has 0 amide bonds. The van der Waals surface area contributed by atoms with Gasteiger partial charge in [-0.2, -0.15) is 0 Å². The lowest BCUT2D eigenvalue weighted by Gasteiger charge is -2.23. The Bertz CT molecular complexity index is 443. The summed E-state index contributed by atoms with van der Waals surface area (Å²) in [6.07, 6.45) is 0.963. The number of hydrogen-bond acceptors (Lipinski definition) is 3. The van der Waals surface area contributed by atoms with Gasteiger partial charge in [0.25, 0.3) is 0 Å². The van der Waals surface area contributed by atoms with E-state index in [1.165, 1.54) is 12.7 Å². The minimum absolute atomic E-state index is 0. The molecule has 0 heterocycles. The minimum Gasteiger partial charge on any atom is -0.465 e. The van der Waals surface area contributed by atoms with Crippen molar-refractivity contribution < 1.29 is 9.53 Å². The van der Waals surface area contributed by atoms with Crippen LogP contribution in [0.3, 0.4) is 0 Å². The van der Waals surface area contributed by atoms with Crippen LogP contribution in [0.15, 0.2) is 18.2 Å². The normalized spacial score (nSPS) is 20.4. The summed E-state index contributed by atoms with van der Waals surface area (Å²) in [5, 5.41) is 0. The number of esters is 1. The lowest BCUT2D eigenvalue weighted by atomic mass is 9.86. The van der Waals surface area contributed by atoms with Gasteiger partial charge in [0, 0.05) is 6.04 Å². The monoisotopic (exact) mass is 255 g/mol. The Labute approximate surface area is 108 Å². The van der Waals surface area contributed by atoms with E-state index in [4.69, 9.17) is 10.5 Å². The summed E-state index contributed by atoms with van der Waals surface area (Å²) in [6.45, 7) is 4.30. The van der Waals surface area contributed by atoms with Crippen LogP contribution in [-0.4, -0.2) is 13.1 Å². The topological polar surface area (TPSA) is 52.3 Å². The summed E-state index contributed by atoms with van der Waals surface area (Å²) in [5.74, 6) is -0.306. The number of hydrogen-bond donors (Lipinski definition) is 1. The first kappa shape index (κ1) is 14.0. The second kappa shape index (κ2) is 4.67. The molecule has 1 aliphatic carbocycles. The molecule has 2 rings (SSSR count). The van der Waals surface area contributed by atoms with Crippen LogP contribution in [0, 0.1) is 5.41 Å². The molecule has 0 saturated carbocycles. The number of benzene rings is 1. The number of rotatable bonds is 1. The highest BCUT2D eigenvalue weighted by molar-refractivity contribution is 5.89. The van der Waals surface area contributed by atoms with E-state index in [9.17, 15) is 4.79 Å². The second-order valence-corrected chi connectivity index (χ2v) is 5.05. The Hall–Kier alpha value is -1.06. The Balaban J connectivity index is 0.00000144. The molecule has 0 unspecified atom stereocenters. The van der Waals surface area contributed by atoms with Gasteiger partial charge in [-0.25, -0.2) is 4.79 Å². The van der Waals surface area contributed by atoms with Gasteiger partial charge in [-0.05, 0) is 35.1 Å². The summed E-state index contributed by atoms with van der Waals surface area (Å²) in [5.41, 5.74) is 9.14. The summed E-state index contributed by atoms with van der Waals surface area (Å²) in [6, 6.07) is 5.64. The van der Waals surface area contributed by atoms with E-state index in [1.54, 1.807) is 6.07 Å². The number of methoxy groups -OCH3 is 1. The number of ether oxygens (including phenoxy) is 1. The highest BCUT2D eigenvalue weighted by Crippen LogP contribution is 2.43. The Morgan fingerprint density at radius 2 is 2.12 bits per heavy atom. The van der Waals surface area contributed by atoms with Crippen molar-refractivity contribution >= 4 is 18.4 Å². The van der Waals surface area contributed by atoms with Gasteiger partial charge < -0.3 is 10.5 Å². The summed E-state index contributed by atoms with van der Waals surface area (Å²) in [7, 11) is 1.39. The van der Waals surface area contributed by atoms with Crippen molar-refractivity contribution in [2.75, 3.05) is 7.11 Å². The zero-order valence-electron chi connectivity index (χ0n) is 10.3. The predicted octanol–water partition coefficient (Wildman–Crippen LogP) is 2.48. The molecule has 0 saturated heterocycles. The lowest BCUT2D eigenvalue weighted by molar-refractivity contribution is 0.0600. The molecule has 4 heteroatoms. The molecule has 3 nitrogen and oxygen atoms in total. The van der Waals surface area contributed by atoms with Crippen molar-refractivity contribution in [2.24, 2.45) is 11.1 Å². The van der Waals surface area contributed by atoms with Crippen LogP contribution in [0.5, 0.6) is 0 Å². The third-order valence-corrected chi connectivity index (χ3v) is 3.39. The number of carbonyl (C=O) groups is 1.